The Labute approximate surface area is 180 Å². The van der Waals surface area contributed by atoms with Gasteiger partial charge in [-0.2, -0.15) is 0 Å². The number of amides is 1. The zero-order valence-electron chi connectivity index (χ0n) is 18.2. The van der Waals surface area contributed by atoms with Crippen LogP contribution >= 0.6 is 0 Å². The summed E-state index contributed by atoms with van der Waals surface area (Å²) >= 11 is 0. The van der Waals surface area contributed by atoms with Crippen molar-refractivity contribution in [3.8, 4) is 0 Å². The summed E-state index contributed by atoms with van der Waals surface area (Å²) in [5, 5.41) is 3.54. The standard InChI is InChI=1S/C23H35N5O2/c1-24-23(28-9-7-21(18-28)16-26-10-12-30-13-11-26)25-15-19-4-2-5-20(14-19)17-27-8-3-6-22(27)29/h2,4-5,14,21H,3,6-13,15-18H2,1H3,(H,24,25). The highest BCUT2D eigenvalue weighted by atomic mass is 16.5. The number of hydrogen-bond donors (Lipinski definition) is 1. The third kappa shape index (κ3) is 5.52. The zero-order valence-corrected chi connectivity index (χ0v) is 18.2. The minimum atomic E-state index is 0.277. The van der Waals surface area contributed by atoms with Crippen molar-refractivity contribution >= 4 is 11.9 Å². The van der Waals surface area contributed by atoms with Crippen LogP contribution < -0.4 is 5.32 Å². The molecule has 7 heteroatoms. The smallest absolute Gasteiger partial charge is 0.222 e. The van der Waals surface area contributed by atoms with Gasteiger partial charge in [0.15, 0.2) is 5.96 Å². The fourth-order valence-electron chi connectivity index (χ4n) is 4.77. The molecule has 7 nitrogen and oxygen atoms in total. The molecular weight excluding hydrogens is 378 g/mol. The molecule has 0 saturated carbocycles. The van der Waals surface area contributed by atoms with Gasteiger partial charge in [0.2, 0.25) is 5.91 Å². The van der Waals surface area contributed by atoms with Crippen molar-refractivity contribution in [3.63, 3.8) is 0 Å². The van der Waals surface area contributed by atoms with E-state index in [1.807, 2.05) is 11.9 Å². The van der Waals surface area contributed by atoms with E-state index in [0.29, 0.717) is 12.3 Å². The van der Waals surface area contributed by atoms with Crippen molar-refractivity contribution in [2.45, 2.75) is 32.4 Å². The first-order chi connectivity index (χ1) is 14.7. The molecule has 30 heavy (non-hydrogen) atoms. The predicted molar refractivity (Wildman–Crippen MR) is 118 cm³/mol. The van der Waals surface area contributed by atoms with Crippen LogP contribution in [-0.2, 0) is 22.6 Å². The minimum Gasteiger partial charge on any atom is -0.379 e. The van der Waals surface area contributed by atoms with Gasteiger partial charge in [-0.05, 0) is 29.9 Å². The predicted octanol–water partition coefficient (Wildman–Crippen LogP) is 1.54. The Morgan fingerprint density at radius 1 is 1.20 bits per heavy atom. The summed E-state index contributed by atoms with van der Waals surface area (Å²) in [6.45, 7) is 9.49. The van der Waals surface area contributed by atoms with Gasteiger partial charge in [-0.3, -0.25) is 14.7 Å². The van der Waals surface area contributed by atoms with Gasteiger partial charge in [0.05, 0.1) is 13.2 Å². The number of rotatable bonds is 6. The molecule has 1 N–H and O–H groups in total. The van der Waals surface area contributed by atoms with Crippen LogP contribution in [-0.4, -0.2) is 86.1 Å². The summed E-state index contributed by atoms with van der Waals surface area (Å²) in [4.78, 5) is 23.3. The fraction of sp³-hybridized carbons (Fsp3) is 0.652. The molecule has 1 amide bonds. The normalized spacial score (nSPS) is 23.4. The van der Waals surface area contributed by atoms with E-state index in [9.17, 15) is 4.79 Å². The monoisotopic (exact) mass is 413 g/mol. The van der Waals surface area contributed by atoms with Crippen LogP contribution in [0.4, 0.5) is 0 Å². The molecule has 0 spiro atoms. The van der Waals surface area contributed by atoms with Gasteiger partial charge in [0.1, 0.15) is 0 Å². The largest absolute Gasteiger partial charge is 0.379 e. The van der Waals surface area contributed by atoms with Crippen molar-refractivity contribution in [1.29, 1.82) is 0 Å². The summed E-state index contributed by atoms with van der Waals surface area (Å²) in [5.41, 5.74) is 2.43. The molecule has 0 radical (unpaired) electrons. The van der Waals surface area contributed by atoms with Crippen molar-refractivity contribution in [2.24, 2.45) is 10.9 Å². The van der Waals surface area contributed by atoms with E-state index in [-0.39, 0.29) is 5.91 Å². The lowest BCUT2D eigenvalue weighted by atomic mass is 10.1. The van der Waals surface area contributed by atoms with E-state index in [1.54, 1.807) is 0 Å². The molecule has 3 heterocycles. The lowest BCUT2D eigenvalue weighted by Gasteiger charge is -2.29. The second kappa shape index (κ2) is 10.3. The second-order valence-electron chi connectivity index (χ2n) is 8.65. The first kappa shape index (κ1) is 21.1. The number of nitrogens with one attached hydrogen (secondary N) is 1. The van der Waals surface area contributed by atoms with Crippen LogP contribution in [0.5, 0.6) is 0 Å². The lowest BCUT2D eigenvalue weighted by molar-refractivity contribution is -0.128. The maximum absolute atomic E-state index is 11.9. The highest BCUT2D eigenvalue weighted by Crippen LogP contribution is 2.19. The molecule has 164 valence electrons. The number of guanidine groups is 1. The maximum atomic E-state index is 11.9. The molecule has 1 aromatic rings. The molecule has 1 unspecified atom stereocenters. The van der Waals surface area contributed by atoms with Crippen LogP contribution in [0.3, 0.4) is 0 Å². The quantitative estimate of drug-likeness (QED) is 0.566. The number of morpholine rings is 1. The van der Waals surface area contributed by atoms with Gasteiger partial charge in [-0.1, -0.05) is 24.3 Å². The molecule has 0 bridgehead atoms. The summed E-state index contributed by atoms with van der Waals surface area (Å²) < 4.78 is 5.46. The lowest BCUT2D eigenvalue weighted by Crippen LogP contribution is -2.42. The third-order valence-corrected chi connectivity index (χ3v) is 6.40. The Kier molecular flexibility index (Phi) is 7.23. The number of benzene rings is 1. The van der Waals surface area contributed by atoms with Gasteiger partial charge in [0.25, 0.3) is 0 Å². The number of carbonyl (C=O) groups excluding carboxylic acids is 1. The summed E-state index contributed by atoms with van der Waals surface area (Å²) in [6.07, 6.45) is 2.90. The van der Waals surface area contributed by atoms with E-state index < -0.39 is 0 Å². The Morgan fingerprint density at radius 3 is 2.80 bits per heavy atom. The number of ether oxygens (including phenoxy) is 1. The average Bonchev–Trinajstić information content (AvgIpc) is 3.39. The summed E-state index contributed by atoms with van der Waals surface area (Å²) in [7, 11) is 1.87. The molecule has 4 rings (SSSR count). The highest BCUT2D eigenvalue weighted by molar-refractivity contribution is 5.80. The second-order valence-corrected chi connectivity index (χ2v) is 8.65. The number of nitrogens with zero attached hydrogens (tertiary/aromatic N) is 4. The van der Waals surface area contributed by atoms with Crippen molar-refractivity contribution in [3.05, 3.63) is 35.4 Å². The van der Waals surface area contributed by atoms with Gasteiger partial charge in [-0.15, -0.1) is 0 Å². The molecular formula is C23H35N5O2. The maximum Gasteiger partial charge on any atom is 0.222 e. The zero-order chi connectivity index (χ0) is 20.8. The van der Waals surface area contributed by atoms with Crippen LogP contribution in [0.15, 0.2) is 29.3 Å². The Bertz CT molecular complexity index is 747. The molecule has 3 fully saturated rings. The highest BCUT2D eigenvalue weighted by Gasteiger charge is 2.27. The molecule has 1 atom stereocenters. The molecule has 0 aromatic heterocycles. The average molecular weight is 414 g/mol. The number of carbonyl (C=O) groups is 1. The third-order valence-electron chi connectivity index (χ3n) is 6.40. The van der Waals surface area contributed by atoms with Crippen LogP contribution in [0.25, 0.3) is 0 Å². The van der Waals surface area contributed by atoms with E-state index >= 15 is 0 Å². The van der Waals surface area contributed by atoms with Gasteiger partial charge < -0.3 is 19.9 Å². The number of likely N-dealkylation sites (tertiary alicyclic amines) is 2. The van der Waals surface area contributed by atoms with Crippen LogP contribution in [0.2, 0.25) is 0 Å². The first-order valence-electron chi connectivity index (χ1n) is 11.3. The number of hydrogen-bond acceptors (Lipinski definition) is 4. The Hall–Kier alpha value is -2.12. The first-order valence-corrected chi connectivity index (χ1v) is 11.3. The summed E-state index contributed by atoms with van der Waals surface area (Å²) in [5.74, 6) is 1.96. The minimum absolute atomic E-state index is 0.277. The topological polar surface area (TPSA) is 60.4 Å². The van der Waals surface area contributed by atoms with E-state index in [1.165, 1.54) is 17.5 Å². The Balaban J connectivity index is 1.26. The number of aliphatic imine (C=N–C) groups is 1. The van der Waals surface area contributed by atoms with Gasteiger partial charge >= 0.3 is 0 Å². The van der Waals surface area contributed by atoms with Crippen LogP contribution in [0, 0.1) is 5.92 Å². The SMILES string of the molecule is CN=C(NCc1cccc(CN2CCCC2=O)c1)N1CCC(CN2CCOCC2)C1. The van der Waals surface area contributed by atoms with E-state index in [4.69, 9.17) is 4.74 Å². The Morgan fingerprint density at radius 2 is 2.03 bits per heavy atom. The van der Waals surface area contributed by atoms with Crippen LogP contribution in [0.1, 0.15) is 30.4 Å². The molecule has 3 aliphatic heterocycles. The molecule has 3 saturated heterocycles. The van der Waals surface area contributed by atoms with Crippen molar-refractivity contribution in [2.75, 3.05) is 59.5 Å². The van der Waals surface area contributed by atoms with Gasteiger partial charge in [0, 0.05) is 65.8 Å². The fourth-order valence-corrected chi connectivity index (χ4v) is 4.77. The molecule has 3 aliphatic rings. The summed E-state index contributed by atoms with van der Waals surface area (Å²) in [6, 6.07) is 8.54. The van der Waals surface area contributed by atoms with Gasteiger partial charge in [-0.25, -0.2) is 0 Å². The molecule has 1 aromatic carbocycles. The molecule has 0 aliphatic carbocycles. The van der Waals surface area contributed by atoms with Crippen molar-refractivity contribution < 1.29 is 9.53 Å². The van der Waals surface area contributed by atoms with Crippen molar-refractivity contribution in [1.82, 2.24) is 20.0 Å². The van der Waals surface area contributed by atoms with E-state index in [0.717, 1.165) is 78.0 Å². The van der Waals surface area contributed by atoms with E-state index in [2.05, 4.69) is 44.4 Å².